The van der Waals surface area contributed by atoms with Crippen LogP contribution in [-0.2, 0) is 4.79 Å². The summed E-state index contributed by atoms with van der Waals surface area (Å²) >= 11 is 0. The van der Waals surface area contributed by atoms with Crippen LogP contribution in [-0.4, -0.2) is 25.3 Å². The maximum Gasteiger partial charge on any atom is 0.277 e. The summed E-state index contributed by atoms with van der Waals surface area (Å²) < 4.78 is 11.0. The first-order valence-corrected chi connectivity index (χ1v) is 8.25. The molecule has 0 aliphatic heterocycles. The van der Waals surface area contributed by atoms with Gasteiger partial charge in [0.05, 0.1) is 12.8 Å². The van der Waals surface area contributed by atoms with Crippen LogP contribution >= 0.6 is 0 Å². The molecule has 0 aliphatic rings. The zero-order chi connectivity index (χ0) is 18.2. The molecule has 0 bridgehead atoms. The maximum absolute atomic E-state index is 11.9. The largest absolute Gasteiger partial charge is 0.494 e. The van der Waals surface area contributed by atoms with Gasteiger partial charge in [0.1, 0.15) is 11.5 Å². The number of benzene rings is 2. The zero-order valence-corrected chi connectivity index (χ0v) is 15.1. The molecule has 0 atom stereocenters. The molecule has 0 fully saturated rings. The highest BCUT2D eigenvalue weighted by molar-refractivity contribution is 5.83. The fourth-order valence-electron chi connectivity index (χ4n) is 2.56. The van der Waals surface area contributed by atoms with Gasteiger partial charge < -0.3 is 9.47 Å². The minimum Gasteiger partial charge on any atom is -0.494 e. The smallest absolute Gasteiger partial charge is 0.277 e. The summed E-state index contributed by atoms with van der Waals surface area (Å²) in [7, 11) is 0. The molecule has 1 N–H and O–H groups in total. The van der Waals surface area contributed by atoms with Crippen molar-refractivity contribution in [2.24, 2.45) is 5.10 Å². The molecule has 0 radical (unpaired) electrons. The van der Waals surface area contributed by atoms with E-state index in [4.69, 9.17) is 9.47 Å². The molecule has 0 unspecified atom stereocenters. The molecule has 0 saturated heterocycles. The first-order valence-electron chi connectivity index (χ1n) is 8.25. The van der Waals surface area contributed by atoms with Gasteiger partial charge in [-0.3, -0.25) is 4.79 Å². The normalized spacial score (nSPS) is 10.7. The number of carbonyl (C=O) groups is 1. The molecule has 0 aromatic heterocycles. The van der Waals surface area contributed by atoms with Gasteiger partial charge in [-0.1, -0.05) is 17.7 Å². The number of amides is 1. The highest BCUT2D eigenvalue weighted by atomic mass is 16.5. The maximum atomic E-state index is 11.9. The first-order chi connectivity index (χ1) is 12.0. The molecule has 5 heteroatoms. The average Bonchev–Trinajstić information content (AvgIpc) is 2.56. The van der Waals surface area contributed by atoms with E-state index in [-0.39, 0.29) is 12.5 Å². The lowest BCUT2D eigenvalue weighted by Gasteiger charge is -2.12. The number of nitrogens with one attached hydrogen (secondary N) is 1. The second kappa shape index (κ2) is 8.87. The Balaban J connectivity index is 1.84. The Labute approximate surface area is 148 Å². The van der Waals surface area contributed by atoms with Crippen molar-refractivity contribution in [2.45, 2.75) is 27.7 Å². The Kier molecular flexibility index (Phi) is 6.57. The Hall–Kier alpha value is -2.82. The lowest BCUT2D eigenvalue weighted by Crippen LogP contribution is -2.25. The van der Waals surface area contributed by atoms with E-state index in [0.717, 1.165) is 28.2 Å². The molecule has 2 rings (SSSR count). The van der Waals surface area contributed by atoms with Crippen molar-refractivity contribution in [2.75, 3.05) is 13.2 Å². The van der Waals surface area contributed by atoms with Crippen molar-refractivity contribution in [3.8, 4) is 11.5 Å². The van der Waals surface area contributed by atoms with Gasteiger partial charge in [0.2, 0.25) is 0 Å². The van der Waals surface area contributed by atoms with Gasteiger partial charge in [0.25, 0.3) is 5.91 Å². The van der Waals surface area contributed by atoms with Crippen LogP contribution in [0.5, 0.6) is 11.5 Å². The number of hydrazone groups is 1. The average molecular weight is 340 g/mol. The van der Waals surface area contributed by atoms with Crippen molar-refractivity contribution in [3.05, 3.63) is 58.7 Å². The van der Waals surface area contributed by atoms with Crippen LogP contribution in [0.1, 0.15) is 29.2 Å². The van der Waals surface area contributed by atoms with E-state index in [1.807, 2.05) is 64.1 Å². The lowest BCUT2D eigenvalue weighted by atomic mass is 10.1. The van der Waals surface area contributed by atoms with Crippen molar-refractivity contribution >= 4 is 12.1 Å². The molecular weight excluding hydrogens is 316 g/mol. The molecule has 0 saturated carbocycles. The van der Waals surface area contributed by atoms with Crippen LogP contribution in [0, 0.1) is 20.8 Å². The monoisotopic (exact) mass is 340 g/mol. The van der Waals surface area contributed by atoms with Crippen LogP contribution in [0.2, 0.25) is 0 Å². The van der Waals surface area contributed by atoms with Gasteiger partial charge >= 0.3 is 0 Å². The second-order valence-electron chi connectivity index (χ2n) is 5.81. The first kappa shape index (κ1) is 18.5. The second-order valence-corrected chi connectivity index (χ2v) is 5.81. The van der Waals surface area contributed by atoms with Crippen LogP contribution < -0.4 is 14.9 Å². The number of hydrogen-bond donors (Lipinski definition) is 1. The molecule has 0 aliphatic carbocycles. The van der Waals surface area contributed by atoms with Crippen molar-refractivity contribution in [3.63, 3.8) is 0 Å². The number of ether oxygens (including phenoxy) is 2. The van der Waals surface area contributed by atoms with E-state index in [1.165, 1.54) is 5.56 Å². The molecule has 2 aromatic rings. The molecule has 132 valence electrons. The highest BCUT2D eigenvalue weighted by Gasteiger charge is 2.07. The predicted octanol–water partition coefficient (Wildman–Crippen LogP) is 3.54. The van der Waals surface area contributed by atoms with Gasteiger partial charge in [-0.2, -0.15) is 5.10 Å². The molecule has 5 nitrogen and oxygen atoms in total. The Morgan fingerprint density at radius 2 is 1.72 bits per heavy atom. The molecule has 2 aromatic carbocycles. The van der Waals surface area contributed by atoms with E-state index >= 15 is 0 Å². The van der Waals surface area contributed by atoms with Gasteiger partial charge in [-0.15, -0.1) is 0 Å². The van der Waals surface area contributed by atoms with Crippen molar-refractivity contribution < 1.29 is 14.3 Å². The third-order valence-electron chi connectivity index (χ3n) is 3.55. The number of hydrogen-bond acceptors (Lipinski definition) is 4. The highest BCUT2D eigenvalue weighted by Crippen LogP contribution is 2.24. The van der Waals surface area contributed by atoms with E-state index in [1.54, 1.807) is 6.21 Å². The van der Waals surface area contributed by atoms with Gasteiger partial charge in [0, 0.05) is 0 Å². The van der Waals surface area contributed by atoms with Crippen molar-refractivity contribution in [1.29, 1.82) is 0 Å². The Morgan fingerprint density at radius 1 is 1.08 bits per heavy atom. The minimum absolute atomic E-state index is 0.0780. The Bertz CT molecular complexity index is 729. The summed E-state index contributed by atoms with van der Waals surface area (Å²) in [6, 6.07) is 11.5. The van der Waals surface area contributed by atoms with Crippen LogP contribution in [0.25, 0.3) is 0 Å². The molecule has 25 heavy (non-hydrogen) atoms. The summed E-state index contributed by atoms with van der Waals surface area (Å²) in [6.07, 6.45) is 1.58. The van der Waals surface area contributed by atoms with Gasteiger partial charge in [-0.25, -0.2) is 5.43 Å². The third kappa shape index (κ3) is 5.64. The number of rotatable bonds is 7. The summed E-state index contributed by atoms with van der Waals surface area (Å²) in [5.74, 6) is 1.25. The van der Waals surface area contributed by atoms with Crippen LogP contribution in [0.15, 0.2) is 41.5 Å². The lowest BCUT2D eigenvalue weighted by molar-refractivity contribution is -0.123. The van der Waals surface area contributed by atoms with E-state index in [9.17, 15) is 4.79 Å². The van der Waals surface area contributed by atoms with Crippen LogP contribution in [0.3, 0.4) is 0 Å². The van der Waals surface area contributed by atoms with Gasteiger partial charge in [-0.05, 0) is 68.7 Å². The standard InChI is InChI=1S/C20H24N2O3/c1-5-24-18-8-6-17(7-9-18)12-21-22-19(23)13-25-20-15(3)10-14(2)11-16(20)4/h6-12H,5,13H2,1-4H3,(H,22,23)/b21-12+. The quantitative estimate of drug-likeness (QED) is 0.619. The predicted molar refractivity (Wildman–Crippen MR) is 99.5 cm³/mol. The van der Waals surface area contributed by atoms with E-state index in [0.29, 0.717) is 6.61 Å². The SMILES string of the molecule is CCOc1ccc(/C=N/NC(=O)COc2c(C)cc(C)cc2C)cc1. The number of aryl methyl sites for hydroxylation is 3. The molecule has 1 amide bonds. The summed E-state index contributed by atoms with van der Waals surface area (Å²) in [5, 5.41) is 3.94. The Morgan fingerprint density at radius 3 is 2.32 bits per heavy atom. The molecule has 0 spiro atoms. The number of carbonyl (C=O) groups excluding carboxylic acids is 1. The summed E-state index contributed by atoms with van der Waals surface area (Å²) in [6.45, 7) is 8.46. The molecular formula is C20H24N2O3. The van der Waals surface area contributed by atoms with Crippen molar-refractivity contribution in [1.82, 2.24) is 5.43 Å². The fraction of sp³-hybridized carbons (Fsp3) is 0.300. The zero-order valence-electron chi connectivity index (χ0n) is 15.1. The van der Waals surface area contributed by atoms with E-state index < -0.39 is 0 Å². The topological polar surface area (TPSA) is 59.9 Å². The summed E-state index contributed by atoms with van der Waals surface area (Å²) in [4.78, 5) is 11.9. The van der Waals surface area contributed by atoms with Crippen LogP contribution in [0.4, 0.5) is 0 Å². The molecule has 0 heterocycles. The van der Waals surface area contributed by atoms with E-state index in [2.05, 4.69) is 10.5 Å². The number of nitrogens with zero attached hydrogens (tertiary/aromatic N) is 1. The third-order valence-corrected chi connectivity index (χ3v) is 3.55. The minimum atomic E-state index is -0.304. The van der Waals surface area contributed by atoms with Gasteiger partial charge in [0.15, 0.2) is 6.61 Å². The fourth-order valence-corrected chi connectivity index (χ4v) is 2.56. The summed E-state index contributed by atoms with van der Waals surface area (Å²) in [5.41, 5.74) is 6.54.